The zero-order valence-electron chi connectivity index (χ0n) is 11.7. The normalized spacial score (nSPS) is 10.7. The van der Waals surface area contributed by atoms with E-state index < -0.39 is 11.6 Å². The third kappa shape index (κ3) is 3.01. The number of hydrogen-bond acceptors (Lipinski definition) is 1. The predicted octanol–water partition coefficient (Wildman–Crippen LogP) is 5.24. The Balaban J connectivity index is 2.50. The van der Waals surface area contributed by atoms with E-state index in [9.17, 15) is 8.78 Å². The summed E-state index contributed by atoms with van der Waals surface area (Å²) in [6.45, 7) is 3.93. The Labute approximate surface area is 126 Å². The van der Waals surface area contributed by atoms with Crippen LogP contribution in [0.3, 0.4) is 0 Å². The molecule has 2 aromatic rings. The second kappa shape index (κ2) is 5.92. The molecule has 0 aromatic heterocycles. The summed E-state index contributed by atoms with van der Waals surface area (Å²) in [5.41, 5.74) is 3.44. The molecule has 0 saturated heterocycles. The van der Waals surface area contributed by atoms with E-state index >= 15 is 0 Å². The van der Waals surface area contributed by atoms with Crippen LogP contribution in [-0.2, 0) is 5.33 Å². The monoisotopic (exact) mass is 339 g/mol. The van der Waals surface area contributed by atoms with Crippen LogP contribution in [0.1, 0.15) is 16.7 Å². The Kier molecular flexibility index (Phi) is 4.43. The van der Waals surface area contributed by atoms with E-state index in [1.54, 1.807) is 11.9 Å². The van der Waals surface area contributed by atoms with Gasteiger partial charge in [-0.15, -0.1) is 0 Å². The van der Waals surface area contributed by atoms with Crippen molar-refractivity contribution < 1.29 is 8.78 Å². The van der Waals surface area contributed by atoms with Crippen molar-refractivity contribution in [2.75, 3.05) is 11.9 Å². The number of rotatable bonds is 3. The van der Waals surface area contributed by atoms with E-state index in [4.69, 9.17) is 0 Å². The number of hydrogen-bond donors (Lipinski definition) is 0. The van der Waals surface area contributed by atoms with Crippen LogP contribution in [0.4, 0.5) is 20.2 Å². The molecule has 0 spiro atoms. The maximum atomic E-state index is 14.1. The molecule has 0 aliphatic rings. The quantitative estimate of drug-likeness (QED) is 0.690. The van der Waals surface area contributed by atoms with Gasteiger partial charge in [0.2, 0.25) is 0 Å². The van der Waals surface area contributed by atoms with E-state index in [2.05, 4.69) is 15.9 Å². The van der Waals surface area contributed by atoms with Crippen molar-refractivity contribution in [3.05, 3.63) is 58.7 Å². The molecule has 0 atom stereocenters. The topological polar surface area (TPSA) is 3.24 Å². The van der Waals surface area contributed by atoms with Crippen molar-refractivity contribution in [2.45, 2.75) is 19.2 Å². The molecule has 0 bridgehead atoms. The molecule has 106 valence electrons. The Morgan fingerprint density at radius 3 is 1.90 bits per heavy atom. The van der Waals surface area contributed by atoms with Gasteiger partial charge in [-0.1, -0.05) is 22.0 Å². The van der Waals surface area contributed by atoms with Crippen LogP contribution in [0.5, 0.6) is 0 Å². The molecule has 0 unspecified atom stereocenters. The lowest BCUT2D eigenvalue weighted by Gasteiger charge is -2.22. The lowest BCUT2D eigenvalue weighted by Crippen LogP contribution is -2.14. The Bertz CT molecular complexity index is 597. The van der Waals surface area contributed by atoms with Crippen molar-refractivity contribution in [1.29, 1.82) is 0 Å². The molecular weight excluding hydrogens is 324 g/mol. The third-order valence-corrected chi connectivity index (χ3v) is 3.81. The van der Waals surface area contributed by atoms with Crippen molar-refractivity contribution in [3.8, 4) is 0 Å². The molecule has 2 rings (SSSR count). The van der Waals surface area contributed by atoms with Gasteiger partial charge in [-0.05, 0) is 54.8 Å². The van der Waals surface area contributed by atoms with Gasteiger partial charge in [-0.2, -0.15) is 0 Å². The fourth-order valence-corrected chi connectivity index (χ4v) is 2.61. The summed E-state index contributed by atoms with van der Waals surface area (Å²) in [4.78, 5) is 1.54. The first-order chi connectivity index (χ1) is 9.42. The maximum absolute atomic E-state index is 14.1. The second-order valence-corrected chi connectivity index (χ2v) is 5.51. The minimum absolute atomic E-state index is 0.0281. The summed E-state index contributed by atoms with van der Waals surface area (Å²) in [5.74, 6) is -1.11. The molecule has 20 heavy (non-hydrogen) atoms. The highest BCUT2D eigenvalue weighted by Gasteiger charge is 2.16. The van der Waals surface area contributed by atoms with Crippen molar-refractivity contribution in [1.82, 2.24) is 0 Å². The van der Waals surface area contributed by atoms with Gasteiger partial charge in [0.1, 0.15) is 17.3 Å². The van der Waals surface area contributed by atoms with Crippen LogP contribution in [0.15, 0.2) is 30.3 Å². The predicted molar refractivity (Wildman–Crippen MR) is 83.0 cm³/mol. The van der Waals surface area contributed by atoms with Crippen LogP contribution in [0.25, 0.3) is 0 Å². The molecular formula is C16H16BrF2N. The molecule has 2 aromatic carbocycles. The first-order valence-corrected chi connectivity index (χ1v) is 7.40. The average Bonchev–Trinajstić information content (AvgIpc) is 2.36. The Morgan fingerprint density at radius 2 is 1.45 bits per heavy atom. The van der Waals surface area contributed by atoms with Crippen LogP contribution >= 0.6 is 15.9 Å². The minimum atomic E-state index is -0.555. The molecule has 1 nitrogen and oxygen atoms in total. The second-order valence-electron chi connectivity index (χ2n) is 4.95. The highest BCUT2D eigenvalue weighted by Crippen LogP contribution is 2.31. The first kappa shape index (κ1) is 15.0. The Hall–Kier alpha value is -1.42. The zero-order valence-corrected chi connectivity index (χ0v) is 13.3. The van der Waals surface area contributed by atoms with E-state index in [1.807, 2.05) is 32.0 Å². The van der Waals surface area contributed by atoms with Gasteiger partial charge in [0.15, 0.2) is 0 Å². The van der Waals surface area contributed by atoms with E-state index in [1.165, 1.54) is 12.1 Å². The van der Waals surface area contributed by atoms with E-state index in [0.717, 1.165) is 16.8 Å². The highest BCUT2D eigenvalue weighted by atomic mass is 79.9. The average molecular weight is 340 g/mol. The van der Waals surface area contributed by atoms with Crippen molar-refractivity contribution in [2.24, 2.45) is 0 Å². The summed E-state index contributed by atoms with van der Waals surface area (Å²) < 4.78 is 28.3. The minimum Gasteiger partial charge on any atom is -0.340 e. The molecule has 0 N–H and O–H groups in total. The van der Waals surface area contributed by atoms with Crippen molar-refractivity contribution in [3.63, 3.8) is 0 Å². The maximum Gasteiger partial charge on any atom is 0.150 e. The van der Waals surface area contributed by atoms with Gasteiger partial charge >= 0.3 is 0 Å². The largest absolute Gasteiger partial charge is 0.340 e. The first-order valence-electron chi connectivity index (χ1n) is 6.28. The molecule has 0 aliphatic carbocycles. The summed E-state index contributed by atoms with van der Waals surface area (Å²) in [6, 6.07) is 8.55. The third-order valence-electron chi connectivity index (χ3n) is 3.16. The number of aryl methyl sites for hydroxylation is 2. The van der Waals surface area contributed by atoms with Gasteiger partial charge in [0.05, 0.1) is 0 Å². The van der Waals surface area contributed by atoms with Gasteiger partial charge in [-0.25, -0.2) is 8.78 Å². The summed E-state index contributed by atoms with van der Waals surface area (Å²) in [6.07, 6.45) is 0. The number of alkyl halides is 1. The van der Waals surface area contributed by atoms with Gasteiger partial charge < -0.3 is 4.90 Å². The number of halogens is 3. The molecule has 0 fully saturated rings. The molecule has 0 aliphatic heterocycles. The molecule has 0 heterocycles. The standard InChI is InChI=1S/C16H16BrF2N/c1-10-4-11(2)6-13(5-10)20(3)16-14(18)7-12(9-17)8-15(16)19/h4-8H,9H2,1-3H3. The van der Waals surface area contributed by atoms with Gasteiger partial charge in [0, 0.05) is 18.1 Å². The van der Waals surface area contributed by atoms with Crippen molar-refractivity contribution >= 4 is 27.3 Å². The number of anilines is 2. The molecule has 0 amide bonds. The zero-order chi connectivity index (χ0) is 14.9. The highest BCUT2D eigenvalue weighted by molar-refractivity contribution is 9.08. The molecule has 0 saturated carbocycles. The summed E-state index contributed by atoms with van der Waals surface area (Å²) in [5, 5.41) is 0.425. The van der Waals surface area contributed by atoms with Crippen LogP contribution in [0.2, 0.25) is 0 Å². The van der Waals surface area contributed by atoms with Crippen LogP contribution in [-0.4, -0.2) is 7.05 Å². The van der Waals surface area contributed by atoms with Gasteiger partial charge in [0.25, 0.3) is 0 Å². The van der Waals surface area contributed by atoms with E-state index in [0.29, 0.717) is 10.9 Å². The van der Waals surface area contributed by atoms with Crippen LogP contribution < -0.4 is 4.90 Å². The van der Waals surface area contributed by atoms with E-state index in [-0.39, 0.29) is 5.69 Å². The summed E-state index contributed by atoms with van der Waals surface area (Å²) >= 11 is 3.20. The summed E-state index contributed by atoms with van der Waals surface area (Å²) in [7, 11) is 1.67. The fourth-order valence-electron chi connectivity index (χ4n) is 2.29. The molecule has 0 radical (unpaired) electrons. The number of benzene rings is 2. The molecule has 4 heteroatoms. The lowest BCUT2D eigenvalue weighted by atomic mass is 10.1. The lowest BCUT2D eigenvalue weighted by molar-refractivity contribution is 0.582. The smallest absolute Gasteiger partial charge is 0.150 e. The Morgan fingerprint density at radius 1 is 0.950 bits per heavy atom. The van der Waals surface area contributed by atoms with Gasteiger partial charge in [-0.3, -0.25) is 0 Å². The van der Waals surface area contributed by atoms with Crippen LogP contribution in [0, 0.1) is 25.5 Å². The fraction of sp³-hybridized carbons (Fsp3) is 0.250. The number of nitrogens with zero attached hydrogens (tertiary/aromatic N) is 1. The SMILES string of the molecule is Cc1cc(C)cc(N(C)c2c(F)cc(CBr)cc2F)c1.